The molecule has 1 aliphatic rings. The van der Waals surface area contributed by atoms with Gasteiger partial charge in [-0.15, -0.1) is 11.3 Å². The normalized spacial score (nSPS) is 13.4. The van der Waals surface area contributed by atoms with Gasteiger partial charge in [0, 0.05) is 28.9 Å². The number of hydrogen-bond acceptors (Lipinski definition) is 4. The van der Waals surface area contributed by atoms with E-state index in [1.807, 2.05) is 29.6 Å². The zero-order valence-corrected chi connectivity index (χ0v) is 14.7. The topological polar surface area (TPSA) is 50.3 Å². The summed E-state index contributed by atoms with van der Waals surface area (Å²) in [7, 11) is 0. The van der Waals surface area contributed by atoms with Crippen LogP contribution in [0.15, 0.2) is 53.9 Å². The highest BCUT2D eigenvalue weighted by molar-refractivity contribution is 7.09. The van der Waals surface area contributed by atoms with Crippen LogP contribution >= 0.6 is 22.9 Å². The van der Waals surface area contributed by atoms with Crippen molar-refractivity contribution in [2.24, 2.45) is 0 Å². The van der Waals surface area contributed by atoms with Gasteiger partial charge < -0.3 is 0 Å². The van der Waals surface area contributed by atoms with Crippen molar-refractivity contribution in [1.29, 1.82) is 0 Å². The van der Waals surface area contributed by atoms with Crippen molar-refractivity contribution in [3.63, 3.8) is 0 Å². The second kappa shape index (κ2) is 6.43. The van der Waals surface area contributed by atoms with Gasteiger partial charge in [-0.1, -0.05) is 35.9 Å². The molecule has 0 fully saturated rings. The van der Waals surface area contributed by atoms with Crippen molar-refractivity contribution in [1.82, 2.24) is 9.88 Å². The van der Waals surface area contributed by atoms with E-state index < -0.39 is 0 Å². The Balaban J connectivity index is 1.47. The molecule has 0 N–H and O–H groups in total. The first-order valence-corrected chi connectivity index (χ1v) is 9.05. The Morgan fingerprint density at radius 1 is 0.960 bits per heavy atom. The molecule has 2 aromatic carbocycles. The fourth-order valence-corrected chi connectivity index (χ4v) is 3.75. The van der Waals surface area contributed by atoms with Gasteiger partial charge in [0.1, 0.15) is 0 Å². The van der Waals surface area contributed by atoms with Crippen LogP contribution in [0.4, 0.5) is 0 Å². The molecule has 0 aliphatic carbocycles. The SMILES string of the molecule is O=C1c2ccccc2C(=O)N1CCc1nc(-c2ccc(Cl)cc2)cs1. The molecular weight excluding hydrogens is 356 g/mol. The summed E-state index contributed by atoms with van der Waals surface area (Å²) in [4.78, 5) is 30.6. The summed E-state index contributed by atoms with van der Waals surface area (Å²) in [5.74, 6) is -0.454. The number of carbonyl (C=O) groups excluding carboxylic acids is 2. The molecule has 124 valence electrons. The van der Waals surface area contributed by atoms with E-state index in [-0.39, 0.29) is 11.8 Å². The summed E-state index contributed by atoms with van der Waals surface area (Å²) < 4.78 is 0. The van der Waals surface area contributed by atoms with Gasteiger partial charge in [-0.3, -0.25) is 14.5 Å². The van der Waals surface area contributed by atoms with Crippen LogP contribution < -0.4 is 0 Å². The number of carbonyl (C=O) groups is 2. The Bertz CT molecular complexity index is 931. The van der Waals surface area contributed by atoms with Crippen LogP contribution in [0, 0.1) is 0 Å². The Kier molecular flexibility index (Phi) is 4.11. The lowest BCUT2D eigenvalue weighted by Crippen LogP contribution is -2.31. The Hall–Kier alpha value is -2.50. The highest BCUT2D eigenvalue weighted by Crippen LogP contribution is 2.25. The molecule has 25 heavy (non-hydrogen) atoms. The predicted octanol–water partition coefficient (Wildman–Crippen LogP) is 4.30. The molecule has 0 atom stereocenters. The van der Waals surface area contributed by atoms with Gasteiger partial charge in [-0.05, 0) is 24.3 Å². The molecule has 0 saturated heterocycles. The first-order valence-electron chi connectivity index (χ1n) is 7.79. The van der Waals surface area contributed by atoms with Crippen LogP contribution in [0.25, 0.3) is 11.3 Å². The Morgan fingerprint density at radius 3 is 2.24 bits per heavy atom. The summed E-state index contributed by atoms with van der Waals surface area (Å²) in [5, 5.41) is 3.55. The van der Waals surface area contributed by atoms with Crippen LogP contribution in [-0.2, 0) is 6.42 Å². The number of thiazole rings is 1. The van der Waals surface area contributed by atoms with Crippen LogP contribution in [0.2, 0.25) is 5.02 Å². The van der Waals surface area contributed by atoms with Crippen molar-refractivity contribution >= 4 is 34.8 Å². The minimum atomic E-state index is -0.227. The number of imide groups is 1. The first kappa shape index (κ1) is 16.0. The molecule has 0 saturated carbocycles. The van der Waals surface area contributed by atoms with Gasteiger partial charge in [-0.25, -0.2) is 4.98 Å². The van der Waals surface area contributed by atoms with E-state index in [0.29, 0.717) is 29.1 Å². The smallest absolute Gasteiger partial charge is 0.261 e. The Morgan fingerprint density at radius 2 is 1.60 bits per heavy atom. The molecule has 1 aliphatic heterocycles. The van der Waals surface area contributed by atoms with Crippen molar-refractivity contribution in [3.8, 4) is 11.3 Å². The predicted molar refractivity (Wildman–Crippen MR) is 98.1 cm³/mol. The standard InChI is InChI=1S/C19H13ClN2O2S/c20-13-7-5-12(6-8-13)16-11-25-17(21-16)9-10-22-18(23)14-3-1-2-4-15(14)19(22)24/h1-8,11H,9-10H2. The van der Waals surface area contributed by atoms with E-state index in [4.69, 9.17) is 11.6 Å². The number of halogens is 1. The van der Waals surface area contributed by atoms with Gasteiger partial charge in [-0.2, -0.15) is 0 Å². The number of nitrogens with zero attached hydrogens (tertiary/aromatic N) is 2. The number of amides is 2. The average molecular weight is 369 g/mol. The van der Waals surface area contributed by atoms with E-state index in [1.54, 1.807) is 24.3 Å². The van der Waals surface area contributed by atoms with Crippen molar-refractivity contribution < 1.29 is 9.59 Å². The van der Waals surface area contributed by atoms with Crippen LogP contribution in [-0.4, -0.2) is 28.2 Å². The number of aromatic nitrogens is 1. The fourth-order valence-electron chi connectivity index (χ4n) is 2.83. The van der Waals surface area contributed by atoms with Crippen molar-refractivity contribution in [3.05, 3.63) is 75.1 Å². The number of fused-ring (bicyclic) bond motifs is 1. The van der Waals surface area contributed by atoms with Gasteiger partial charge in [0.15, 0.2) is 0 Å². The largest absolute Gasteiger partial charge is 0.274 e. The molecule has 3 aromatic rings. The first-order chi connectivity index (χ1) is 12.1. The summed E-state index contributed by atoms with van der Waals surface area (Å²) in [6, 6.07) is 14.4. The summed E-state index contributed by atoms with van der Waals surface area (Å²) in [5.41, 5.74) is 2.83. The fraction of sp³-hybridized carbons (Fsp3) is 0.105. The number of rotatable bonds is 4. The highest BCUT2D eigenvalue weighted by Gasteiger charge is 2.34. The molecule has 2 heterocycles. The molecule has 2 amide bonds. The van der Waals surface area contributed by atoms with Gasteiger partial charge >= 0.3 is 0 Å². The van der Waals surface area contributed by atoms with E-state index in [2.05, 4.69) is 4.98 Å². The van der Waals surface area contributed by atoms with Crippen LogP contribution in [0.5, 0.6) is 0 Å². The minimum Gasteiger partial charge on any atom is -0.274 e. The van der Waals surface area contributed by atoms with Gasteiger partial charge in [0.05, 0.1) is 21.8 Å². The van der Waals surface area contributed by atoms with Crippen LogP contribution in [0.1, 0.15) is 25.7 Å². The average Bonchev–Trinajstić information content (AvgIpc) is 3.19. The molecule has 0 spiro atoms. The lowest BCUT2D eigenvalue weighted by molar-refractivity contribution is 0.0656. The maximum Gasteiger partial charge on any atom is 0.261 e. The molecule has 1 aromatic heterocycles. The maximum absolute atomic E-state index is 12.4. The third-order valence-electron chi connectivity index (χ3n) is 4.12. The zero-order chi connectivity index (χ0) is 17.4. The molecule has 4 rings (SSSR count). The molecular formula is C19H13ClN2O2S. The van der Waals surface area contributed by atoms with E-state index in [9.17, 15) is 9.59 Å². The summed E-state index contributed by atoms with van der Waals surface area (Å²) in [6.07, 6.45) is 0.545. The molecule has 4 nitrogen and oxygen atoms in total. The summed E-state index contributed by atoms with van der Waals surface area (Å²) in [6.45, 7) is 0.333. The zero-order valence-electron chi connectivity index (χ0n) is 13.1. The maximum atomic E-state index is 12.4. The third kappa shape index (κ3) is 2.97. The lowest BCUT2D eigenvalue weighted by atomic mass is 10.1. The molecule has 0 bridgehead atoms. The second-order valence-electron chi connectivity index (χ2n) is 5.69. The third-order valence-corrected chi connectivity index (χ3v) is 5.28. The second-order valence-corrected chi connectivity index (χ2v) is 7.07. The van der Waals surface area contributed by atoms with Crippen molar-refractivity contribution in [2.75, 3.05) is 6.54 Å². The number of hydrogen-bond donors (Lipinski definition) is 0. The lowest BCUT2D eigenvalue weighted by Gasteiger charge is -2.12. The molecule has 0 unspecified atom stereocenters. The quantitative estimate of drug-likeness (QED) is 0.645. The van der Waals surface area contributed by atoms with E-state index in [1.165, 1.54) is 16.2 Å². The van der Waals surface area contributed by atoms with E-state index >= 15 is 0 Å². The van der Waals surface area contributed by atoms with E-state index in [0.717, 1.165) is 16.3 Å². The van der Waals surface area contributed by atoms with Gasteiger partial charge in [0.2, 0.25) is 0 Å². The summed E-state index contributed by atoms with van der Waals surface area (Å²) >= 11 is 7.43. The highest BCUT2D eigenvalue weighted by atomic mass is 35.5. The Labute approximate surface area is 153 Å². The van der Waals surface area contributed by atoms with Crippen LogP contribution in [0.3, 0.4) is 0 Å². The van der Waals surface area contributed by atoms with Gasteiger partial charge in [0.25, 0.3) is 11.8 Å². The minimum absolute atomic E-state index is 0.227. The molecule has 6 heteroatoms. The monoisotopic (exact) mass is 368 g/mol. The van der Waals surface area contributed by atoms with Crippen molar-refractivity contribution in [2.45, 2.75) is 6.42 Å². The number of benzene rings is 2. The molecule has 0 radical (unpaired) electrons.